The average Bonchev–Trinajstić information content (AvgIpc) is 3.00. The van der Waals surface area contributed by atoms with Crippen LogP contribution in [0.3, 0.4) is 0 Å². The molecule has 1 aliphatic rings. The highest BCUT2D eigenvalue weighted by Gasteiger charge is 2.34. The zero-order chi connectivity index (χ0) is 20.1. The first-order valence-corrected chi connectivity index (χ1v) is 9.23. The number of rotatable bonds is 5. The van der Waals surface area contributed by atoms with Crippen LogP contribution < -0.4 is 4.74 Å². The summed E-state index contributed by atoms with van der Waals surface area (Å²) in [5, 5.41) is 3.81. The number of hydrogen-bond donors (Lipinski definition) is 0. The van der Waals surface area contributed by atoms with Crippen molar-refractivity contribution in [3.63, 3.8) is 0 Å². The van der Waals surface area contributed by atoms with Gasteiger partial charge in [-0.15, -0.1) is 0 Å². The van der Waals surface area contributed by atoms with Crippen LogP contribution in [0.1, 0.15) is 37.5 Å². The number of carbonyl (C=O) groups excluding carboxylic acids is 2. The topological polar surface area (TPSA) is 88.8 Å². The van der Waals surface area contributed by atoms with Gasteiger partial charge in [-0.2, -0.15) is 4.98 Å². The minimum Gasteiger partial charge on any atom is -0.484 e. The molecule has 8 nitrogen and oxygen atoms in total. The smallest absolute Gasteiger partial charge is 0.260 e. The number of carbonyl (C=O) groups is 2. The maximum absolute atomic E-state index is 13.0. The number of aryl methyl sites for hydroxylation is 1. The van der Waals surface area contributed by atoms with Crippen LogP contribution in [0.25, 0.3) is 0 Å². The molecule has 0 N–H and O–H groups in total. The quantitative estimate of drug-likeness (QED) is 0.777. The van der Waals surface area contributed by atoms with Gasteiger partial charge in [-0.25, -0.2) is 4.39 Å². The number of benzene rings is 1. The lowest BCUT2D eigenvalue weighted by Gasteiger charge is -2.29. The number of amides is 2. The highest BCUT2D eigenvalue weighted by Crippen LogP contribution is 2.25. The van der Waals surface area contributed by atoms with Gasteiger partial charge in [0.2, 0.25) is 5.91 Å². The van der Waals surface area contributed by atoms with Crippen molar-refractivity contribution in [2.45, 2.75) is 32.7 Å². The van der Waals surface area contributed by atoms with Gasteiger partial charge in [0, 0.05) is 19.5 Å². The Morgan fingerprint density at radius 2 is 2.00 bits per heavy atom. The normalized spacial score (nSPS) is 17.3. The van der Waals surface area contributed by atoms with Crippen molar-refractivity contribution in [2.24, 2.45) is 0 Å². The van der Waals surface area contributed by atoms with E-state index in [0.717, 1.165) is 0 Å². The maximum atomic E-state index is 13.0. The van der Waals surface area contributed by atoms with E-state index in [1.807, 2.05) is 0 Å². The molecule has 28 heavy (non-hydrogen) atoms. The van der Waals surface area contributed by atoms with E-state index in [9.17, 15) is 14.0 Å². The van der Waals surface area contributed by atoms with Gasteiger partial charge in [-0.05, 0) is 37.6 Å². The number of nitrogens with zero attached hydrogens (tertiary/aromatic N) is 4. The zero-order valence-electron chi connectivity index (χ0n) is 15.9. The van der Waals surface area contributed by atoms with Crippen molar-refractivity contribution < 1.29 is 23.2 Å². The lowest BCUT2D eigenvalue weighted by molar-refractivity contribution is -0.137. The van der Waals surface area contributed by atoms with Gasteiger partial charge in [0.15, 0.2) is 12.4 Å². The Morgan fingerprint density at radius 3 is 2.64 bits per heavy atom. The molecule has 1 saturated heterocycles. The van der Waals surface area contributed by atoms with Crippen LogP contribution in [-0.2, 0) is 9.59 Å². The van der Waals surface area contributed by atoms with E-state index in [-0.39, 0.29) is 30.8 Å². The third-order valence-electron chi connectivity index (χ3n) is 4.58. The van der Waals surface area contributed by atoms with Gasteiger partial charge in [0.1, 0.15) is 17.6 Å². The molecule has 1 aromatic heterocycles. The highest BCUT2D eigenvalue weighted by molar-refractivity contribution is 5.79. The molecule has 0 aliphatic carbocycles. The van der Waals surface area contributed by atoms with E-state index in [2.05, 4.69) is 10.1 Å². The second-order valence-electron chi connectivity index (χ2n) is 6.57. The van der Waals surface area contributed by atoms with E-state index in [4.69, 9.17) is 9.26 Å². The Hall–Kier alpha value is -2.97. The van der Waals surface area contributed by atoms with Crippen LogP contribution in [-0.4, -0.2) is 58.0 Å². The lowest BCUT2D eigenvalue weighted by Crippen LogP contribution is -2.41. The molecule has 0 saturated carbocycles. The van der Waals surface area contributed by atoms with Crippen LogP contribution in [0.5, 0.6) is 5.75 Å². The first kappa shape index (κ1) is 19.8. The summed E-state index contributed by atoms with van der Waals surface area (Å²) < 4.78 is 23.7. The largest absolute Gasteiger partial charge is 0.484 e. The molecule has 1 aliphatic heterocycles. The van der Waals surface area contributed by atoms with Crippen LogP contribution in [0.4, 0.5) is 4.39 Å². The van der Waals surface area contributed by atoms with Crippen LogP contribution in [0.15, 0.2) is 28.8 Å². The van der Waals surface area contributed by atoms with Crippen LogP contribution >= 0.6 is 0 Å². The molecule has 0 radical (unpaired) electrons. The summed E-state index contributed by atoms with van der Waals surface area (Å²) in [7, 11) is 0. The van der Waals surface area contributed by atoms with Gasteiger partial charge < -0.3 is 19.1 Å². The monoisotopic (exact) mass is 390 g/mol. The third kappa shape index (κ3) is 4.65. The maximum Gasteiger partial charge on any atom is 0.260 e. The lowest BCUT2D eigenvalue weighted by atomic mass is 10.2. The third-order valence-corrected chi connectivity index (χ3v) is 4.58. The predicted molar refractivity (Wildman–Crippen MR) is 96.9 cm³/mol. The average molecular weight is 390 g/mol. The summed E-state index contributed by atoms with van der Waals surface area (Å²) in [4.78, 5) is 32.7. The van der Waals surface area contributed by atoms with Gasteiger partial charge in [0.05, 0.1) is 6.54 Å². The van der Waals surface area contributed by atoms with Crippen molar-refractivity contribution in [3.8, 4) is 5.75 Å². The number of ether oxygens (including phenoxy) is 1. The van der Waals surface area contributed by atoms with Crippen molar-refractivity contribution >= 4 is 11.8 Å². The molecule has 2 aromatic rings. The van der Waals surface area contributed by atoms with Crippen molar-refractivity contribution in [1.29, 1.82) is 0 Å². The van der Waals surface area contributed by atoms with Crippen molar-refractivity contribution in [2.75, 3.05) is 26.2 Å². The molecule has 150 valence electrons. The molecule has 9 heteroatoms. The molecule has 1 fully saturated rings. The van der Waals surface area contributed by atoms with Crippen molar-refractivity contribution in [1.82, 2.24) is 19.9 Å². The van der Waals surface area contributed by atoms with Crippen LogP contribution in [0.2, 0.25) is 0 Å². The fourth-order valence-electron chi connectivity index (χ4n) is 3.14. The highest BCUT2D eigenvalue weighted by atomic mass is 19.1. The number of hydrogen-bond acceptors (Lipinski definition) is 6. The minimum atomic E-state index is -0.495. The summed E-state index contributed by atoms with van der Waals surface area (Å²) in [6.07, 6.45) is 0.989. The Bertz CT molecular complexity index is 824. The molecule has 0 spiro atoms. The Kier molecular flexibility index (Phi) is 6.23. The van der Waals surface area contributed by atoms with Crippen LogP contribution in [0, 0.1) is 12.7 Å². The Morgan fingerprint density at radius 1 is 1.25 bits per heavy atom. The first-order valence-electron chi connectivity index (χ1n) is 9.23. The summed E-state index contributed by atoms with van der Waals surface area (Å²) in [6.45, 7) is 4.56. The zero-order valence-corrected chi connectivity index (χ0v) is 15.9. The van der Waals surface area contributed by atoms with Gasteiger partial charge in [-0.1, -0.05) is 12.1 Å². The van der Waals surface area contributed by atoms with E-state index in [1.54, 1.807) is 23.6 Å². The SMILES string of the molecule is CCC(=O)N1CCCN(C(=O)COc2ccc(F)cc2)CC1c1nc(C)no1. The fourth-order valence-corrected chi connectivity index (χ4v) is 3.14. The summed E-state index contributed by atoms with van der Waals surface area (Å²) >= 11 is 0. The van der Waals surface area contributed by atoms with Gasteiger partial charge in [-0.3, -0.25) is 9.59 Å². The molecule has 1 unspecified atom stereocenters. The summed E-state index contributed by atoms with van der Waals surface area (Å²) in [5.74, 6) is 0.578. The second-order valence-corrected chi connectivity index (χ2v) is 6.57. The molecular weight excluding hydrogens is 367 g/mol. The van der Waals surface area contributed by atoms with Gasteiger partial charge >= 0.3 is 0 Å². The molecule has 2 amide bonds. The van der Waals surface area contributed by atoms with E-state index in [0.29, 0.717) is 43.4 Å². The molecule has 1 atom stereocenters. The van der Waals surface area contributed by atoms with Crippen molar-refractivity contribution in [3.05, 3.63) is 41.8 Å². The first-order chi connectivity index (χ1) is 13.5. The fraction of sp³-hybridized carbons (Fsp3) is 0.474. The Balaban J connectivity index is 1.71. The van der Waals surface area contributed by atoms with E-state index in [1.165, 1.54) is 24.3 Å². The predicted octanol–water partition coefficient (Wildman–Crippen LogP) is 2.11. The molecule has 0 bridgehead atoms. The number of aromatic nitrogens is 2. The number of halogens is 1. The standard InChI is InChI=1S/C19H23FN4O4/c1-3-17(25)24-10-4-9-23(11-16(24)19-21-13(2)22-28-19)18(26)12-27-15-7-5-14(20)6-8-15/h5-8,16H,3-4,9-12H2,1-2H3. The summed E-state index contributed by atoms with van der Waals surface area (Å²) in [5.41, 5.74) is 0. The molecular formula is C19H23FN4O4. The minimum absolute atomic E-state index is 0.0299. The van der Waals surface area contributed by atoms with Gasteiger partial charge in [0.25, 0.3) is 11.8 Å². The van der Waals surface area contributed by atoms with E-state index < -0.39 is 6.04 Å². The Labute approximate surface area is 162 Å². The molecule has 2 heterocycles. The van der Waals surface area contributed by atoms with E-state index >= 15 is 0 Å². The molecule has 1 aromatic carbocycles. The molecule has 3 rings (SSSR count). The second kappa shape index (κ2) is 8.81. The summed E-state index contributed by atoms with van der Waals surface area (Å²) in [6, 6.07) is 4.99.